The second kappa shape index (κ2) is 5.62. The zero-order valence-electron chi connectivity index (χ0n) is 9.03. The summed E-state index contributed by atoms with van der Waals surface area (Å²) in [6.45, 7) is 2.65. The third kappa shape index (κ3) is 3.32. The number of ether oxygens (including phenoxy) is 1. The van der Waals surface area contributed by atoms with Crippen molar-refractivity contribution in [3.05, 3.63) is 18.2 Å². The number of amides is 1. The summed E-state index contributed by atoms with van der Waals surface area (Å²) in [5, 5.41) is 6.06. The van der Waals surface area contributed by atoms with Gasteiger partial charge in [-0.05, 0) is 0 Å². The number of aromatic amines is 1. The van der Waals surface area contributed by atoms with Gasteiger partial charge in [-0.2, -0.15) is 0 Å². The standard InChI is InChI=1S/C10H16N4O2/c15-10(3-8-6-16-2-1-12-8)13-5-9-4-11-7-14-9/h4,7-8,12H,1-3,5-6H2,(H,11,14)(H,13,15). The minimum atomic E-state index is 0.0256. The Bertz CT molecular complexity index is 320. The quantitative estimate of drug-likeness (QED) is 0.638. The monoisotopic (exact) mass is 224 g/mol. The number of hydrogen-bond donors (Lipinski definition) is 3. The summed E-state index contributed by atoms with van der Waals surface area (Å²) in [6, 6.07) is 0.135. The Morgan fingerprint density at radius 1 is 1.69 bits per heavy atom. The zero-order chi connectivity index (χ0) is 11.2. The molecule has 1 fully saturated rings. The van der Waals surface area contributed by atoms with E-state index in [1.54, 1.807) is 12.5 Å². The Kier molecular flexibility index (Phi) is 3.90. The molecule has 0 radical (unpaired) electrons. The number of morpholine rings is 1. The van der Waals surface area contributed by atoms with E-state index in [4.69, 9.17) is 4.74 Å². The van der Waals surface area contributed by atoms with Crippen LogP contribution in [0.15, 0.2) is 12.5 Å². The van der Waals surface area contributed by atoms with Crippen LogP contribution in [0.4, 0.5) is 0 Å². The van der Waals surface area contributed by atoms with Crippen LogP contribution in [0.2, 0.25) is 0 Å². The molecule has 0 aromatic carbocycles. The predicted octanol–water partition coefficient (Wildman–Crippen LogP) is -0.596. The summed E-state index contributed by atoms with van der Waals surface area (Å²) in [6.07, 6.45) is 3.74. The molecule has 0 aliphatic carbocycles. The van der Waals surface area contributed by atoms with Gasteiger partial charge in [0.2, 0.25) is 5.91 Å². The lowest BCUT2D eigenvalue weighted by Crippen LogP contribution is -2.44. The van der Waals surface area contributed by atoms with Crippen molar-refractivity contribution in [1.82, 2.24) is 20.6 Å². The van der Waals surface area contributed by atoms with Crippen LogP contribution < -0.4 is 10.6 Å². The van der Waals surface area contributed by atoms with Crippen molar-refractivity contribution in [3.8, 4) is 0 Å². The number of carbonyl (C=O) groups is 1. The number of nitrogens with zero attached hydrogens (tertiary/aromatic N) is 1. The highest BCUT2D eigenvalue weighted by Crippen LogP contribution is 1.98. The van der Waals surface area contributed by atoms with Gasteiger partial charge in [0.25, 0.3) is 0 Å². The Hall–Kier alpha value is -1.40. The topological polar surface area (TPSA) is 79.0 Å². The van der Waals surface area contributed by atoms with E-state index in [-0.39, 0.29) is 11.9 Å². The molecular formula is C10H16N4O2. The Morgan fingerprint density at radius 3 is 3.31 bits per heavy atom. The van der Waals surface area contributed by atoms with Crippen LogP contribution in [0.5, 0.6) is 0 Å². The molecule has 1 aromatic rings. The molecule has 1 unspecified atom stereocenters. The third-order valence-corrected chi connectivity index (χ3v) is 2.46. The van der Waals surface area contributed by atoms with Gasteiger partial charge < -0.3 is 20.4 Å². The van der Waals surface area contributed by atoms with E-state index in [9.17, 15) is 4.79 Å². The van der Waals surface area contributed by atoms with E-state index < -0.39 is 0 Å². The predicted molar refractivity (Wildman–Crippen MR) is 57.7 cm³/mol. The van der Waals surface area contributed by atoms with Gasteiger partial charge in [-0.25, -0.2) is 4.98 Å². The van der Waals surface area contributed by atoms with Gasteiger partial charge in [0.1, 0.15) is 0 Å². The van der Waals surface area contributed by atoms with Gasteiger partial charge in [-0.15, -0.1) is 0 Å². The summed E-state index contributed by atoms with van der Waals surface area (Å²) >= 11 is 0. The molecule has 16 heavy (non-hydrogen) atoms. The second-order valence-corrected chi connectivity index (χ2v) is 3.78. The fraction of sp³-hybridized carbons (Fsp3) is 0.600. The lowest BCUT2D eigenvalue weighted by atomic mass is 10.2. The number of rotatable bonds is 4. The fourth-order valence-electron chi connectivity index (χ4n) is 1.62. The Labute approximate surface area is 93.8 Å². The first-order chi connectivity index (χ1) is 7.84. The molecule has 0 saturated carbocycles. The molecule has 1 atom stereocenters. The Balaban J connectivity index is 1.67. The van der Waals surface area contributed by atoms with Gasteiger partial charge in [-0.1, -0.05) is 0 Å². The molecule has 1 aromatic heterocycles. The third-order valence-electron chi connectivity index (χ3n) is 2.46. The summed E-state index contributed by atoms with van der Waals surface area (Å²) in [5.74, 6) is 0.0256. The highest BCUT2D eigenvalue weighted by atomic mass is 16.5. The van der Waals surface area contributed by atoms with Crippen LogP contribution in [0.3, 0.4) is 0 Å². The van der Waals surface area contributed by atoms with Crippen molar-refractivity contribution in [2.24, 2.45) is 0 Å². The van der Waals surface area contributed by atoms with Crippen molar-refractivity contribution in [2.45, 2.75) is 19.0 Å². The van der Waals surface area contributed by atoms with E-state index in [2.05, 4.69) is 20.6 Å². The summed E-state index contributed by atoms with van der Waals surface area (Å²) < 4.78 is 5.27. The molecule has 1 aliphatic heterocycles. The summed E-state index contributed by atoms with van der Waals surface area (Å²) in [7, 11) is 0. The van der Waals surface area contributed by atoms with E-state index in [0.717, 1.165) is 18.8 Å². The molecule has 6 nitrogen and oxygen atoms in total. The number of hydrogen-bond acceptors (Lipinski definition) is 4. The van der Waals surface area contributed by atoms with Gasteiger partial charge >= 0.3 is 0 Å². The van der Waals surface area contributed by atoms with Crippen LogP contribution in [-0.2, 0) is 16.1 Å². The van der Waals surface area contributed by atoms with Crippen molar-refractivity contribution >= 4 is 5.91 Å². The van der Waals surface area contributed by atoms with Crippen molar-refractivity contribution in [3.63, 3.8) is 0 Å². The molecule has 1 saturated heterocycles. The maximum Gasteiger partial charge on any atom is 0.221 e. The lowest BCUT2D eigenvalue weighted by molar-refractivity contribution is -0.122. The average molecular weight is 224 g/mol. The van der Waals surface area contributed by atoms with E-state index >= 15 is 0 Å². The molecule has 2 heterocycles. The Morgan fingerprint density at radius 2 is 2.62 bits per heavy atom. The first kappa shape index (κ1) is 11.1. The summed E-state index contributed by atoms with van der Waals surface area (Å²) in [4.78, 5) is 18.4. The molecular weight excluding hydrogens is 208 g/mol. The first-order valence-electron chi connectivity index (χ1n) is 5.39. The number of H-pyrrole nitrogens is 1. The van der Waals surface area contributed by atoms with Gasteiger partial charge in [-0.3, -0.25) is 4.79 Å². The number of carbonyl (C=O) groups excluding carboxylic acids is 1. The maximum atomic E-state index is 11.6. The SMILES string of the molecule is O=C(CC1COCCN1)NCc1cnc[nH]1. The lowest BCUT2D eigenvalue weighted by Gasteiger charge is -2.23. The minimum Gasteiger partial charge on any atom is -0.378 e. The maximum absolute atomic E-state index is 11.6. The molecule has 1 aliphatic rings. The fourth-order valence-corrected chi connectivity index (χ4v) is 1.62. The van der Waals surface area contributed by atoms with Gasteiger partial charge in [0.05, 0.1) is 31.8 Å². The smallest absolute Gasteiger partial charge is 0.221 e. The molecule has 88 valence electrons. The van der Waals surface area contributed by atoms with E-state index in [0.29, 0.717) is 19.6 Å². The molecule has 0 spiro atoms. The van der Waals surface area contributed by atoms with Crippen molar-refractivity contribution in [2.75, 3.05) is 19.8 Å². The van der Waals surface area contributed by atoms with Crippen LogP contribution in [0.25, 0.3) is 0 Å². The van der Waals surface area contributed by atoms with E-state index in [1.165, 1.54) is 0 Å². The molecule has 3 N–H and O–H groups in total. The summed E-state index contributed by atoms with van der Waals surface area (Å²) in [5.41, 5.74) is 0.904. The zero-order valence-corrected chi connectivity index (χ0v) is 9.03. The number of aromatic nitrogens is 2. The molecule has 2 rings (SSSR count). The minimum absolute atomic E-state index is 0.0256. The number of nitrogens with one attached hydrogen (secondary N) is 3. The largest absolute Gasteiger partial charge is 0.378 e. The van der Waals surface area contributed by atoms with Crippen LogP contribution in [0.1, 0.15) is 12.1 Å². The highest BCUT2D eigenvalue weighted by Gasteiger charge is 2.16. The van der Waals surface area contributed by atoms with Crippen LogP contribution >= 0.6 is 0 Å². The van der Waals surface area contributed by atoms with Gasteiger partial charge in [0, 0.05) is 25.2 Å². The highest BCUT2D eigenvalue weighted by molar-refractivity contribution is 5.76. The first-order valence-corrected chi connectivity index (χ1v) is 5.39. The molecule has 1 amide bonds. The second-order valence-electron chi connectivity index (χ2n) is 3.78. The van der Waals surface area contributed by atoms with Crippen LogP contribution in [-0.4, -0.2) is 41.7 Å². The van der Waals surface area contributed by atoms with Crippen LogP contribution in [0, 0.1) is 0 Å². The van der Waals surface area contributed by atoms with E-state index in [1.807, 2.05) is 0 Å². The molecule has 0 bridgehead atoms. The number of imidazole rings is 1. The average Bonchev–Trinajstić information content (AvgIpc) is 2.81. The molecule has 6 heteroatoms. The normalized spacial score (nSPS) is 20.6. The van der Waals surface area contributed by atoms with Crippen molar-refractivity contribution in [1.29, 1.82) is 0 Å². The van der Waals surface area contributed by atoms with Gasteiger partial charge in [0.15, 0.2) is 0 Å². The van der Waals surface area contributed by atoms with Crippen molar-refractivity contribution < 1.29 is 9.53 Å².